The highest BCUT2D eigenvalue weighted by atomic mass is 19.1. The van der Waals surface area contributed by atoms with E-state index in [4.69, 9.17) is 18.9 Å². The van der Waals surface area contributed by atoms with Gasteiger partial charge in [0.15, 0.2) is 0 Å². The Morgan fingerprint density at radius 1 is 0.804 bits per heavy atom. The van der Waals surface area contributed by atoms with E-state index in [0.29, 0.717) is 42.9 Å². The van der Waals surface area contributed by atoms with Crippen molar-refractivity contribution in [3.63, 3.8) is 0 Å². The Hall–Kier alpha value is -4.69. The number of nitrogens with zero attached hydrogens (tertiary/aromatic N) is 1. The summed E-state index contributed by atoms with van der Waals surface area (Å²) >= 11 is 0. The molecule has 0 unspecified atom stereocenters. The number of unbranched alkanes of at least 4 members (excludes halogenated alkanes) is 1. The molecule has 0 N–H and O–H groups in total. The van der Waals surface area contributed by atoms with Gasteiger partial charge in [-0.3, -0.25) is 9.69 Å². The summed E-state index contributed by atoms with van der Waals surface area (Å²) in [5, 5.41) is 0. The van der Waals surface area contributed by atoms with Crippen LogP contribution in [0, 0.1) is 5.82 Å². The summed E-state index contributed by atoms with van der Waals surface area (Å²) in [4.78, 5) is 26.0. The van der Waals surface area contributed by atoms with Crippen LogP contribution in [-0.2, 0) is 33.8 Å². The first-order valence-corrected chi connectivity index (χ1v) is 15.6. The summed E-state index contributed by atoms with van der Waals surface area (Å²) in [7, 11) is 3.02. The van der Waals surface area contributed by atoms with E-state index < -0.39 is 0 Å². The summed E-state index contributed by atoms with van der Waals surface area (Å²) in [5.74, 6) is 0.597. The van der Waals surface area contributed by atoms with Crippen molar-refractivity contribution in [2.24, 2.45) is 0 Å². The summed E-state index contributed by atoms with van der Waals surface area (Å²) < 4.78 is 36.4. The van der Waals surface area contributed by atoms with Gasteiger partial charge in [-0.15, -0.1) is 0 Å². The molecule has 0 saturated heterocycles. The van der Waals surface area contributed by atoms with E-state index in [9.17, 15) is 9.59 Å². The van der Waals surface area contributed by atoms with E-state index in [1.807, 2.05) is 66.7 Å². The van der Waals surface area contributed by atoms with Gasteiger partial charge in [-0.1, -0.05) is 54.6 Å². The van der Waals surface area contributed by atoms with Crippen LogP contribution in [0.3, 0.4) is 0 Å². The molecule has 0 amide bonds. The fourth-order valence-electron chi connectivity index (χ4n) is 5.11. The normalized spacial score (nSPS) is 10.9. The van der Waals surface area contributed by atoms with Gasteiger partial charge in [-0.05, 0) is 91.4 Å². The minimum atomic E-state index is -0.335. The molecule has 0 saturated carbocycles. The Labute approximate surface area is 270 Å². The number of hydrogen-bond donors (Lipinski definition) is 0. The van der Waals surface area contributed by atoms with Crippen LogP contribution in [-0.4, -0.2) is 50.8 Å². The van der Waals surface area contributed by atoms with Crippen molar-refractivity contribution < 1.29 is 32.9 Å². The average Bonchev–Trinajstić information content (AvgIpc) is 3.09. The van der Waals surface area contributed by atoms with Gasteiger partial charge in [0.05, 0.1) is 26.4 Å². The van der Waals surface area contributed by atoms with E-state index in [1.165, 1.54) is 13.2 Å². The number of para-hydroxylation sites is 1. The highest BCUT2D eigenvalue weighted by Gasteiger charge is 2.13. The molecular formula is C38H42FNO6. The van der Waals surface area contributed by atoms with Crippen LogP contribution < -0.4 is 9.47 Å². The number of halogens is 1. The fraction of sp³-hybridized carbons (Fsp3) is 0.316. The number of carbonyl (C=O) groups excluding carboxylic acids is 2. The van der Waals surface area contributed by atoms with E-state index >= 15 is 4.39 Å². The first-order chi connectivity index (χ1) is 22.4. The van der Waals surface area contributed by atoms with Crippen LogP contribution in [0.4, 0.5) is 4.39 Å². The van der Waals surface area contributed by atoms with E-state index in [0.717, 1.165) is 53.9 Å². The molecule has 4 rings (SSSR count). The number of esters is 2. The molecule has 46 heavy (non-hydrogen) atoms. The van der Waals surface area contributed by atoms with E-state index in [2.05, 4.69) is 4.90 Å². The molecule has 0 atom stereocenters. The maximum Gasteiger partial charge on any atom is 0.338 e. The highest BCUT2D eigenvalue weighted by molar-refractivity contribution is 5.89. The number of carbonyl (C=O) groups is 2. The Morgan fingerprint density at radius 2 is 1.54 bits per heavy atom. The molecule has 242 valence electrons. The third-order valence-corrected chi connectivity index (χ3v) is 7.73. The van der Waals surface area contributed by atoms with Crippen molar-refractivity contribution in [3.05, 3.63) is 119 Å². The lowest BCUT2D eigenvalue weighted by atomic mass is 10.0. The predicted molar refractivity (Wildman–Crippen MR) is 176 cm³/mol. The molecule has 0 fully saturated rings. The average molecular weight is 628 g/mol. The van der Waals surface area contributed by atoms with Gasteiger partial charge < -0.3 is 18.9 Å². The number of benzene rings is 4. The molecule has 0 spiro atoms. The Morgan fingerprint density at radius 3 is 2.24 bits per heavy atom. The van der Waals surface area contributed by atoms with E-state index in [1.54, 1.807) is 32.2 Å². The third kappa shape index (κ3) is 10.2. The lowest BCUT2D eigenvalue weighted by molar-refractivity contribution is -0.140. The number of methoxy groups -OCH3 is 2. The van der Waals surface area contributed by atoms with Crippen molar-refractivity contribution in [1.29, 1.82) is 0 Å². The van der Waals surface area contributed by atoms with Gasteiger partial charge in [-0.2, -0.15) is 0 Å². The van der Waals surface area contributed by atoms with Crippen molar-refractivity contribution in [3.8, 4) is 22.6 Å². The van der Waals surface area contributed by atoms with Crippen molar-refractivity contribution in [2.45, 2.75) is 45.8 Å². The minimum absolute atomic E-state index is 0.107. The topological polar surface area (TPSA) is 74.3 Å². The molecule has 0 heterocycles. The lowest BCUT2D eigenvalue weighted by Crippen LogP contribution is -2.27. The molecule has 0 radical (unpaired) electrons. The molecule has 7 nitrogen and oxygen atoms in total. The van der Waals surface area contributed by atoms with Gasteiger partial charge in [-0.25, -0.2) is 9.18 Å². The van der Waals surface area contributed by atoms with Gasteiger partial charge in [0, 0.05) is 25.1 Å². The third-order valence-electron chi connectivity index (χ3n) is 7.73. The molecule has 0 aliphatic carbocycles. The molecule has 0 bridgehead atoms. The Kier molecular flexibility index (Phi) is 13.2. The van der Waals surface area contributed by atoms with Crippen molar-refractivity contribution in [1.82, 2.24) is 4.90 Å². The molecule has 0 aliphatic rings. The van der Waals surface area contributed by atoms with Crippen molar-refractivity contribution in [2.75, 3.05) is 33.9 Å². The molecular weight excluding hydrogens is 585 g/mol. The van der Waals surface area contributed by atoms with Crippen LogP contribution in [0.5, 0.6) is 11.5 Å². The zero-order chi connectivity index (χ0) is 32.7. The molecule has 4 aromatic carbocycles. The predicted octanol–water partition coefficient (Wildman–Crippen LogP) is 7.65. The first-order valence-electron chi connectivity index (χ1n) is 15.6. The fourth-order valence-corrected chi connectivity index (χ4v) is 5.11. The summed E-state index contributed by atoms with van der Waals surface area (Å²) in [6.45, 7) is 4.42. The van der Waals surface area contributed by atoms with Crippen LogP contribution in [0.2, 0.25) is 0 Å². The summed E-state index contributed by atoms with van der Waals surface area (Å²) in [6.07, 6.45) is 2.66. The second-order valence-corrected chi connectivity index (χ2v) is 10.9. The van der Waals surface area contributed by atoms with Crippen LogP contribution in [0.1, 0.15) is 53.2 Å². The summed E-state index contributed by atoms with van der Waals surface area (Å²) in [6, 6.07) is 28.0. The van der Waals surface area contributed by atoms with Crippen molar-refractivity contribution >= 4 is 11.9 Å². The largest absolute Gasteiger partial charge is 0.497 e. The number of hydrogen-bond acceptors (Lipinski definition) is 7. The maximum absolute atomic E-state index is 15.1. The van der Waals surface area contributed by atoms with Gasteiger partial charge in [0.25, 0.3) is 0 Å². The standard InChI is InChI=1S/C38H42FNO6/c1-4-45-38(42)31-14-12-28(13-15-31)26-40(23-8-7-11-37(41)44-3)24-22-30-9-5-6-10-36(30)46-27-33-17-16-32(25-35(33)39)29-18-20-34(43-2)21-19-29/h5-6,9-10,12-21,25H,4,7-8,11,22-24,26-27H2,1-3H3. The quantitative estimate of drug-likeness (QED) is 0.0880. The molecule has 8 heteroatoms. The van der Waals surface area contributed by atoms with Crippen LogP contribution in [0.25, 0.3) is 11.1 Å². The van der Waals surface area contributed by atoms with E-state index in [-0.39, 0.29) is 24.4 Å². The van der Waals surface area contributed by atoms with Gasteiger partial charge in [0.2, 0.25) is 0 Å². The molecule has 0 aromatic heterocycles. The Balaban J connectivity index is 1.39. The zero-order valence-corrected chi connectivity index (χ0v) is 26.8. The second kappa shape index (κ2) is 17.7. The first kappa shape index (κ1) is 34.2. The Bertz CT molecular complexity index is 1550. The lowest BCUT2D eigenvalue weighted by Gasteiger charge is -2.23. The molecule has 0 aliphatic heterocycles. The van der Waals surface area contributed by atoms with Crippen LogP contribution >= 0.6 is 0 Å². The zero-order valence-electron chi connectivity index (χ0n) is 26.8. The minimum Gasteiger partial charge on any atom is -0.497 e. The molecule has 4 aromatic rings. The van der Waals surface area contributed by atoms with Crippen LogP contribution in [0.15, 0.2) is 91.0 Å². The monoisotopic (exact) mass is 627 g/mol. The van der Waals surface area contributed by atoms with Gasteiger partial charge >= 0.3 is 11.9 Å². The summed E-state index contributed by atoms with van der Waals surface area (Å²) in [5.41, 5.74) is 4.78. The SMILES string of the molecule is CCOC(=O)c1ccc(CN(CCCCC(=O)OC)CCc2ccccc2OCc2ccc(-c3ccc(OC)cc3)cc2F)cc1. The second-order valence-electron chi connectivity index (χ2n) is 10.9. The number of ether oxygens (including phenoxy) is 4. The van der Waals surface area contributed by atoms with Gasteiger partial charge in [0.1, 0.15) is 23.9 Å². The maximum atomic E-state index is 15.1. The number of rotatable bonds is 17. The smallest absolute Gasteiger partial charge is 0.338 e. The highest BCUT2D eigenvalue weighted by Crippen LogP contribution is 2.26.